The molecule has 1 atom stereocenters. The standard InChI is InChI=1S/C14H17NOS/c1-10-5-6-11(17-10)9-15-13-3-2-4-14-12(13)7-8-16-14/h5-8,13,15H,2-4,9H2,1H3. The van der Waals surface area contributed by atoms with Crippen molar-refractivity contribution in [1.82, 2.24) is 5.32 Å². The Labute approximate surface area is 106 Å². The Hall–Kier alpha value is -1.06. The quantitative estimate of drug-likeness (QED) is 0.892. The number of furan rings is 1. The zero-order valence-electron chi connectivity index (χ0n) is 10.0. The predicted octanol–water partition coefficient (Wildman–Crippen LogP) is 3.82. The fourth-order valence-corrected chi connectivity index (χ4v) is 3.34. The summed E-state index contributed by atoms with van der Waals surface area (Å²) in [5.74, 6) is 1.18. The Morgan fingerprint density at radius 1 is 1.41 bits per heavy atom. The van der Waals surface area contributed by atoms with Crippen LogP contribution in [0.4, 0.5) is 0 Å². The molecule has 2 nitrogen and oxygen atoms in total. The van der Waals surface area contributed by atoms with Gasteiger partial charge in [-0.1, -0.05) is 0 Å². The second-order valence-electron chi connectivity index (χ2n) is 4.64. The van der Waals surface area contributed by atoms with Crippen LogP contribution < -0.4 is 5.32 Å². The highest BCUT2D eigenvalue weighted by molar-refractivity contribution is 7.11. The second-order valence-corrected chi connectivity index (χ2v) is 6.01. The van der Waals surface area contributed by atoms with E-state index in [0.29, 0.717) is 6.04 Å². The van der Waals surface area contributed by atoms with Gasteiger partial charge < -0.3 is 9.73 Å². The molecule has 1 N–H and O–H groups in total. The fourth-order valence-electron chi connectivity index (χ4n) is 2.50. The van der Waals surface area contributed by atoms with Gasteiger partial charge in [0.1, 0.15) is 5.76 Å². The van der Waals surface area contributed by atoms with Crippen molar-refractivity contribution in [3.8, 4) is 0 Å². The van der Waals surface area contributed by atoms with Gasteiger partial charge in [-0.2, -0.15) is 0 Å². The average molecular weight is 247 g/mol. The van der Waals surface area contributed by atoms with Crippen LogP contribution in [0.5, 0.6) is 0 Å². The van der Waals surface area contributed by atoms with E-state index in [2.05, 4.69) is 30.4 Å². The van der Waals surface area contributed by atoms with Gasteiger partial charge in [-0.25, -0.2) is 0 Å². The number of hydrogen-bond donors (Lipinski definition) is 1. The lowest BCUT2D eigenvalue weighted by atomic mass is 9.93. The molecule has 1 aliphatic carbocycles. The van der Waals surface area contributed by atoms with Crippen LogP contribution in [0.15, 0.2) is 28.9 Å². The molecular weight excluding hydrogens is 230 g/mol. The molecule has 0 saturated carbocycles. The summed E-state index contributed by atoms with van der Waals surface area (Å²) in [6.45, 7) is 3.12. The Kier molecular flexibility index (Phi) is 3.04. The van der Waals surface area contributed by atoms with Crippen molar-refractivity contribution in [2.75, 3.05) is 0 Å². The molecule has 0 aromatic carbocycles. The van der Waals surface area contributed by atoms with Crippen molar-refractivity contribution < 1.29 is 4.42 Å². The molecule has 0 spiro atoms. The molecule has 3 heteroatoms. The first-order chi connectivity index (χ1) is 8.33. The predicted molar refractivity (Wildman–Crippen MR) is 70.3 cm³/mol. The van der Waals surface area contributed by atoms with E-state index >= 15 is 0 Å². The molecular formula is C14H17NOS. The lowest BCUT2D eigenvalue weighted by molar-refractivity contribution is 0.412. The Bertz CT molecular complexity index is 500. The monoisotopic (exact) mass is 247 g/mol. The van der Waals surface area contributed by atoms with Gasteiger partial charge in [0, 0.05) is 34.3 Å². The van der Waals surface area contributed by atoms with Crippen LogP contribution in [-0.4, -0.2) is 0 Å². The third-order valence-corrected chi connectivity index (χ3v) is 4.37. The second kappa shape index (κ2) is 4.67. The molecule has 0 fully saturated rings. The summed E-state index contributed by atoms with van der Waals surface area (Å²) in [5, 5.41) is 3.64. The highest BCUT2D eigenvalue weighted by atomic mass is 32.1. The Morgan fingerprint density at radius 3 is 3.18 bits per heavy atom. The van der Waals surface area contributed by atoms with Gasteiger partial charge in [0.05, 0.1) is 6.26 Å². The number of rotatable bonds is 3. The summed E-state index contributed by atoms with van der Waals surface area (Å²) in [5.41, 5.74) is 1.37. The molecule has 17 heavy (non-hydrogen) atoms. The minimum absolute atomic E-state index is 0.472. The molecule has 0 aliphatic heterocycles. The summed E-state index contributed by atoms with van der Waals surface area (Å²) in [7, 11) is 0. The van der Waals surface area contributed by atoms with Gasteiger partial charge in [-0.05, 0) is 38.0 Å². The van der Waals surface area contributed by atoms with E-state index in [1.54, 1.807) is 0 Å². The van der Waals surface area contributed by atoms with E-state index in [1.165, 1.54) is 33.9 Å². The van der Waals surface area contributed by atoms with Gasteiger partial charge >= 0.3 is 0 Å². The van der Waals surface area contributed by atoms with Crippen molar-refractivity contribution in [1.29, 1.82) is 0 Å². The molecule has 0 bridgehead atoms. The van der Waals surface area contributed by atoms with Crippen molar-refractivity contribution in [2.45, 2.75) is 38.8 Å². The van der Waals surface area contributed by atoms with Crippen LogP contribution in [0, 0.1) is 6.92 Å². The molecule has 2 heterocycles. The maximum atomic E-state index is 5.50. The molecule has 0 amide bonds. The zero-order valence-corrected chi connectivity index (χ0v) is 10.8. The van der Waals surface area contributed by atoms with Crippen molar-refractivity contribution in [3.05, 3.63) is 45.5 Å². The van der Waals surface area contributed by atoms with Crippen LogP contribution in [0.1, 0.15) is 40.0 Å². The first-order valence-corrected chi connectivity index (χ1v) is 6.99. The molecule has 0 radical (unpaired) electrons. The molecule has 90 valence electrons. The van der Waals surface area contributed by atoms with Crippen molar-refractivity contribution in [2.24, 2.45) is 0 Å². The van der Waals surface area contributed by atoms with Gasteiger partial charge in [0.2, 0.25) is 0 Å². The molecule has 0 saturated heterocycles. The van der Waals surface area contributed by atoms with E-state index in [9.17, 15) is 0 Å². The minimum atomic E-state index is 0.472. The Morgan fingerprint density at radius 2 is 2.35 bits per heavy atom. The van der Waals surface area contributed by atoms with Crippen molar-refractivity contribution >= 4 is 11.3 Å². The summed E-state index contributed by atoms with van der Waals surface area (Å²) in [6, 6.07) is 6.99. The summed E-state index contributed by atoms with van der Waals surface area (Å²) >= 11 is 1.87. The molecule has 1 aliphatic rings. The van der Waals surface area contributed by atoms with E-state index in [-0.39, 0.29) is 0 Å². The minimum Gasteiger partial charge on any atom is -0.469 e. The first-order valence-electron chi connectivity index (χ1n) is 6.18. The SMILES string of the molecule is Cc1ccc(CNC2CCCc3occc32)s1. The smallest absolute Gasteiger partial charge is 0.108 e. The van der Waals surface area contributed by atoms with Crippen LogP contribution in [0.2, 0.25) is 0 Å². The number of aryl methyl sites for hydroxylation is 2. The highest BCUT2D eigenvalue weighted by Gasteiger charge is 2.21. The van der Waals surface area contributed by atoms with Crippen LogP contribution in [0.3, 0.4) is 0 Å². The third kappa shape index (κ3) is 2.31. The maximum Gasteiger partial charge on any atom is 0.108 e. The normalized spacial score (nSPS) is 19.2. The van der Waals surface area contributed by atoms with Gasteiger partial charge in [-0.3, -0.25) is 0 Å². The summed E-state index contributed by atoms with van der Waals surface area (Å²) < 4.78 is 5.50. The molecule has 1 unspecified atom stereocenters. The molecule has 2 aromatic heterocycles. The average Bonchev–Trinajstić information content (AvgIpc) is 2.94. The number of hydrogen-bond acceptors (Lipinski definition) is 3. The summed E-state index contributed by atoms with van der Waals surface area (Å²) in [6.07, 6.45) is 5.36. The fraction of sp³-hybridized carbons (Fsp3) is 0.429. The summed E-state index contributed by atoms with van der Waals surface area (Å²) in [4.78, 5) is 2.80. The Balaban J connectivity index is 1.67. The lowest BCUT2D eigenvalue weighted by Crippen LogP contribution is -2.23. The topological polar surface area (TPSA) is 25.2 Å². The van der Waals surface area contributed by atoms with Gasteiger partial charge in [0.25, 0.3) is 0 Å². The largest absolute Gasteiger partial charge is 0.469 e. The first kappa shape index (κ1) is 11.1. The molecule has 2 aromatic rings. The van der Waals surface area contributed by atoms with Gasteiger partial charge in [-0.15, -0.1) is 11.3 Å². The number of fused-ring (bicyclic) bond motifs is 1. The third-order valence-electron chi connectivity index (χ3n) is 3.37. The van der Waals surface area contributed by atoms with E-state index < -0.39 is 0 Å². The lowest BCUT2D eigenvalue weighted by Gasteiger charge is -2.22. The van der Waals surface area contributed by atoms with Crippen LogP contribution in [-0.2, 0) is 13.0 Å². The van der Waals surface area contributed by atoms with E-state index in [1.807, 2.05) is 17.6 Å². The molecule has 3 rings (SSSR count). The van der Waals surface area contributed by atoms with Crippen LogP contribution in [0.25, 0.3) is 0 Å². The zero-order chi connectivity index (χ0) is 11.7. The highest BCUT2D eigenvalue weighted by Crippen LogP contribution is 2.30. The van der Waals surface area contributed by atoms with Crippen molar-refractivity contribution in [3.63, 3.8) is 0 Å². The van der Waals surface area contributed by atoms with E-state index in [4.69, 9.17) is 4.42 Å². The van der Waals surface area contributed by atoms with Gasteiger partial charge in [0.15, 0.2) is 0 Å². The van der Waals surface area contributed by atoms with E-state index in [0.717, 1.165) is 13.0 Å². The number of thiophene rings is 1. The maximum absolute atomic E-state index is 5.50. The van der Waals surface area contributed by atoms with Crippen LogP contribution >= 0.6 is 11.3 Å². The number of nitrogens with one attached hydrogen (secondary N) is 1.